The van der Waals surface area contributed by atoms with Crippen molar-refractivity contribution in [3.8, 4) is 67.7 Å². The smallest absolute Gasteiger partial charge is 0.182 e. The molecule has 0 atom stereocenters. The Bertz CT molecular complexity index is 3010. The van der Waals surface area contributed by atoms with Crippen molar-refractivity contribution in [3.05, 3.63) is 157 Å². The molecule has 8 aromatic rings. The van der Waals surface area contributed by atoms with E-state index in [2.05, 4.69) is 116 Å². The summed E-state index contributed by atoms with van der Waals surface area (Å²) in [6.07, 6.45) is 7.11. The summed E-state index contributed by atoms with van der Waals surface area (Å²) in [7, 11) is -2.20. The number of nitrogens with zero attached hydrogens (tertiary/aromatic N) is 4. The molecule has 4 fully saturated rings. The van der Waals surface area contributed by atoms with Gasteiger partial charge in [0.25, 0.3) is 0 Å². The zero-order valence-electron chi connectivity index (χ0n) is 33.5. The van der Waals surface area contributed by atoms with E-state index in [9.17, 15) is 0 Å². The van der Waals surface area contributed by atoms with Crippen LogP contribution in [-0.2, 0) is 5.41 Å². The second-order valence-corrected chi connectivity index (χ2v) is 22.9. The summed E-state index contributed by atoms with van der Waals surface area (Å²) >= 11 is 0. The third-order valence-electron chi connectivity index (χ3n) is 15.3. The molecule has 4 saturated carbocycles. The summed E-state index contributed by atoms with van der Waals surface area (Å²) in [5.74, 6) is 5.22. The number of hydrogen-bond acceptors (Lipinski definition) is 4. The Morgan fingerprint density at radius 2 is 1.03 bits per heavy atom. The van der Waals surface area contributed by atoms with Crippen LogP contribution in [0.1, 0.15) is 43.2 Å². The molecular formula is C54H44N4Si. The minimum atomic E-state index is -2.20. The Labute approximate surface area is 346 Å². The second kappa shape index (κ2) is 12.2. The van der Waals surface area contributed by atoms with E-state index >= 15 is 0 Å². The molecule has 1 spiro atoms. The van der Waals surface area contributed by atoms with Gasteiger partial charge in [0.15, 0.2) is 17.5 Å². The number of benzene rings is 6. The van der Waals surface area contributed by atoms with Crippen LogP contribution >= 0.6 is 0 Å². The number of hydrogen-bond donors (Lipinski definition) is 0. The van der Waals surface area contributed by atoms with Gasteiger partial charge in [-0.25, -0.2) is 19.9 Å². The average molecular weight is 777 g/mol. The predicted molar refractivity (Wildman–Crippen MR) is 242 cm³/mol. The molecule has 5 heteroatoms. The molecule has 284 valence electrons. The molecule has 1 aliphatic heterocycles. The fourth-order valence-electron chi connectivity index (χ4n) is 13.3. The molecule has 0 N–H and O–H groups in total. The highest BCUT2D eigenvalue weighted by Crippen LogP contribution is 2.69. The van der Waals surface area contributed by atoms with Gasteiger partial charge in [-0.2, -0.15) is 0 Å². The van der Waals surface area contributed by atoms with Crippen LogP contribution < -0.4 is 10.4 Å². The molecule has 0 radical (unpaired) electrons. The maximum atomic E-state index is 5.06. The molecule has 0 unspecified atom stereocenters. The highest BCUT2D eigenvalue weighted by atomic mass is 28.3. The van der Waals surface area contributed by atoms with Crippen molar-refractivity contribution < 1.29 is 0 Å². The molecule has 6 aromatic carbocycles. The van der Waals surface area contributed by atoms with Gasteiger partial charge in [-0.05, 0) is 123 Å². The Hall–Kier alpha value is -6.04. The molecule has 4 bridgehead atoms. The van der Waals surface area contributed by atoms with Gasteiger partial charge >= 0.3 is 0 Å². The lowest BCUT2D eigenvalue weighted by Gasteiger charge is -2.61. The van der Waals surface area contributed by atoms with E-state index in [1.165, 1.54) is 65.5 Å². The van der Waals surface area contributed by atoms with Gasteiger partial charge < -0.3 is 0 Å². The molecule has 3 heterocycles. The predicted octanol–water partition coefficient (Wildman–Crippen LogP) is 11.6. The lowest BCUT2D eigenvalue weighted by molar-refractivity contribution is -0.0395. The maximum absolute atomic E-state index is 5.06. The molecular weight excluding hydrogens is 733 g/mol. The van der Waals surface area contributed by atoms with Crippen LogP contribution in [-0.4, -0.2) is 28.0 Å². The third kappa shape index (κ3) is 4.71. The first kappa shape index (κ1) is 33.9. The van der Waals surface area contributed by atoms with Crippen LogP contribution in [0.5, 0.6) is 0 Å². The lowest BCUT2D eigenvalue weighted by atomic mass is 9.43. The number of para-hydroxylation sites is 1. The molecule has 0 saturated heterocycles. The van der Waals surface area contributed by atoms with Crippen LogP contribution in [0.15, 0.2) is 146 Å². The van der Waals surface area contributed by atoms with Gasteiger partial charge in [-0.3, -0.25) is 0 Å². The minimum Gasteiger partial charge on any atom is -0.244 e. The van der Waals surface area contributed by atoms with Gasteiger partial charge in [-0.1, -0.05) is 147 Å². The van der Waals surface area contributed by atoms with E-state index in [0.717, 1.165) is 51.4 Å². The van der Waals surface area contributed by atoms with Crippen LogP contribution in [0.3, 0.4) is 0 Å². The molecule has 4 nitrogen and oxygen atoms in total. The van der Waals surface area contributed by atoms with Crippen LogP contribution in [0, 0.1) is 23.7 Å². The average Bonchev–Trinajstić information content (AvgIpc) is 3.71. The minimum absolute atomic E-state index is 0.156. The Morgan fingerprint density at radius 1 is 0.441 bits per heavy atom. The van der Waals surface area contributed by atoms with Crippen molar-refractivity contribution in [2.75, 3.05) is 0 Å². The summed E-state index contributed by atoms with van der Waals surface area (Å²) < 4.78 is 0. The van der Waals surface area contributed by atoms with Gasteiger partial charge in [0.2, 0.25) is 0 Å². The van der Waals surface area contributed by atoms with E-state index < -0.39 is 8.07 Å². The zero-order chi connectivity index (χ0) is 39.0. The Balaban J connectivity index is 0.927. The molecule has 2 aromatic heterocycles. The second-order valence-electron chi connectivity index (χ2n) is 18.6. The Kier molecular flexibility index (Phi) is 7.03. The van der Waals surface area contributed by atoms with E-state index in [1.54, 1.807) is 21.5 Å². The van der Waals surface area contributed by atoms with Crippen LogP contribution in [0.4, 0.5) is 0 Å². The summed E-state index contributed by atoms with van der Waals surface area (Å²) in [4.78, 5) is 20.0. The number of aromatic nitrogens is 4. The number of fused-ring (bicyclic) bond motifs is 8. The maximum Gasteiger partial charge on any atom is 0.182 e. The third-order valence-corrected chi connectivity index (χ3v) is 18.8. The van der Waals surface area contributed by atoms with Crippen molar-refractivity contribution in [2.45, 2.75) is 50.6 Å². The van der Waals surface area contributed by atoms with Gasteiger partial charge in [0, 0.05) is 21.9 Å². The monoisotopic (exact) mass is 776 g/mol. The molecule has 6 aliphatic rings. The highest BCUT2D eigenvalue weighted by Gasteiger charge is 2.63. The summed E-state index contributed by atoms with van der Waals surface area (Å²) in [5.41, 5.74) is 15.8. The quantitative estimate of drug-likeness (QED) is 0.167. The topological polar surface area (TPSA) is 51.6 Å². The molecule has 14 rings (SSSR count). The fraction of sp³-hybridized carbons (Fsp3) is 0.222. The number of rotatable bonds is 4. The normalized spacial score (nSPS) is 23.6. The lowest BCUT2D eigenvalue weighted by Crippen LogP contribution is -2.60. The highest BCUT2D eigenvalue weighted by molar-refractivity contribution is 7.05. The molecule has 59 heavy (non-hydrogen) atoms. The largest absolute Gasteiger partial charge is 0.244 e. The van der Waals surface area contributed by atoms with Crippen molar-refractivity contribution in [2.24, 2.45) is 23.7 Å². The zero-order valence-corrected chi connectivity index (χ0v) is 34.5. The standard InChI is InChI=1S/C54H44N4Si/c1-59(2)49-40(34-19-21-37(22-20-34)52-56-51(36-12-4-3-5-13-36)57-53(58-52)47-26-23-35-11-6-9-18-46(35)55-47)15-10-16-43(49)44-25-24-42-41-14-7-8-17-45(41)54(48(42)50(44)59)38-28-32-27-33(30-38)31-39(54)29-32/h3-26,32-33,38-39H,27-31H2,1-2H3. The van der Waals surface area contributed by atoms with Crippen LogP contribution in [0.25, 0.3) is 78.6 Å². The van der Waals surface area contributed by atoms with Crippen molar-refractivity contribution in [1.29, 1.82) is 0 Å². The first-order valence-electron chi connectivity index (χ1n) is 21.7. The summed E-state index contributed by atoms with van der Waals surface area (Å²) in [6.45, 7) is 5.31. The number of pyridine rings is 1. The summed E-state index contributed by atoms with van der Waals surface area (Å²) in [5, 5.41) is 4.40. The van der Waals surface area contributed by atoms with E-state index in [-0.39, 0.29) is 5.41 Å². The van der Waals surface area contributed by atoms with E-state index in [4.69, 9.17) is 19.9 Å². The van der Waals surface area contributed by atoms with Gasteiger partial charge in [0.05, 0.1) is 5.52 Å². The van der Waals surface area contributed by atoms with Gasteiger partial charge in [-0.15, -0.1) is 0 Å². The molecule has 5 aliphatic carbocycles. The first-order chi connectivity index (χ1) is 28.9. The first-order valence-corrected chi connectivity index (χ1v) is 24.7. The van der Waals surface area contributed by atoms with Crippen LogP contribution in [0.2, 0.25) is 13.1 Å². The SMILES string of the molecule is C[Si]1(C)c2c(-c3ccc(-c4nc(-c5ccccc5)nc(-c5ccc6ccccc6n5)n4)cc3)cccc2-c2ccc3c(c21)C1(c2ccccc2-3)C2CC3CC(C2)CC1C3. The van der Waals surface area contributed by atoms with Crippen molar-refractivity contribution >= 4 is 29.4 Å². The fourth-order valence-corrected chi connectivity index (χ4v) is 17.2. The Morgan fingerprint density at radius 3 is 1.81 bits per heavy atom. The van der Waals surface area contributed by atoms with E-state index in [0.29, 0.717) is 17.5 Å². The van der Waals surface area contributed by atoms with E-state index in [1.807, 2.05) is 42.5 Å². The van der Waals surface area contributed by atoms with Crippen molar-refractivity contribution in [1.82, 2.24) is 19.9 Å². The summed E-state index contributed by atoms with van der Waals surface area (Å²) in [6, 6.07) is 53.1. The van der Waals surface area contributed by atoms with Gasteiger partial charge in [0.1, 0.15) is 13.8 Å². The van der Waals surface area contributed by atoms with Crippen molar-refractivity contribution in [3.63, 3.8) is 0 Å². The molecule has 0 amide bonds.